The van der Waals surface area contributed by atoms with E-state index < -0.39 is 0 Å². The van der Waals surface area contributed by atoms with Crippen LogP contribution in [-0.4, -0.2) is 9.97 Å². The summed E-state index contributed by atoms with van der Waals surface area (Å²) in [5.74, 6) is 0.270. The number of aromatic nitrogens is 2. The Labute approximate surface area is 99.5 Å². The first-order valence-corrected chi connectivity index (χ1v) is 5.24. The van der Waals surface area contributed by atoms with Crippen LogP contribution in [0.5, 0.6) is 5.88 Å². The van der Waals surface area contributed by atoms with Crippen molar-refractivity contribution >= 4 is 0 Å². The van der Waals surface area contributed by atoms with Gasteiger partial charge < -0.3 is 4.74 Å². The van der Waals surface area contributed by atoms with Crippen LogP contribution >= 0.6 is 0 Å². The van der Waals surface area contributed by atoms with Crippen LogP contribution in [0.15, 0.2) is 42.7 Å². The van der Waals surface area contributed by atoms with Crippen LogP contribution in [0.1, 0.15) is 24.3 Å². The number of hydrogen-bond donors (Lipinski definition) is 0. The Morgan fingerprint density at radius 1 is 1.18 bits per heavy atom. The van der Waals surface area contributed by atoms with E-state index in [1.807, 2.05) is 43.3 Å². The molecule has 0 saturated heterocycles. The van der Waals surface area contributed by atoms with E-state index in [0.717, 1.165) is 5.56 Å². The first-order chi connectivity index (χ1) is 8.31. The van der Waals surface area contributed by atoms with Gasteiger partial charge in [0, 0.05) is 12.4 Å². The number of ether oxygens (including phenoxy) is 1. The maximum absolute atomic E-state index is 8.87. The second kappa shape index (κ2) is 5.08. The van der Waals surface area contributed by atoms with E-state index in [2.05, 4.69) is 9.97 Å². The SMILES string of the molecule is CC(Oc1nccnc1C#N)c1ccccc1. The van der Waals surface area contributed by atoms with Gasteiger partial charge in [-0.1, -0.05) is 30.3 Å². The lowest BCUT2D eigenvalue weighted by atomic mass is 10.1. The second-order valence-electron chi connectivity index (χ2n) is 3.49. The second-order valence-corrected chi connectivity index (χ2v) is 3.49. The molecule has 0 radical (unpaired) electrons. The predicted octanol–water partition coefficient (Wildman–Crippen LogP) is 2.49. The van der Waals surface area contributed by atoms with Gasteiger partial charge in [0.1, 0.15) is 12.2 Å². The third-order valence-corrected chi connectivity index (χ3v) is 2.33. The Kier molecular flexibility index (Phi) is 3.31. The highest BCUT2D eigenvalue weighted by atomic mass is 16.5. The number of nitriles is 1. The van der Waals surface area contributed by atoms with E-state index in [0.29, 0.717) is 0 Å². The van der Waals surface area contributed by atoms with E-state index in [9.17, 15) is 0 Å². The summed E-state index contributed by atoms with van der Waals surface area (Å²) in [6.07, 6.45) is 2.81. The van der Waals surface area contributed by atoms with Gasteiger partial charge in [0.25, 0.3) is 5.88 Å². The lowest BCUT2D eigenvalue weighted by Crippen LogP contribution is -2.06. The standard InChI is InChI=1S/C13H11N3O/c1-10(11-5-3-2-4-6-11)17-13-12(9-14)15-7-8-16-13/h2-8,10H,1H3. The molecule has 17 heavy (non-hydrogen) atoms. The minimum atomic E-state index is -0.167. The van der Waals surface area contributed by atoms with E-state index in [4.69, 9.17) is 10.00 Å². The van der Waals surface area contributed by atoms with Crippen molar-refractivity contribution in [2.75, 3.05) is 0 Å². The van der Waals surface area contributed by atoms with Crippen molar-refractivity contribution in [2.45, 2.75) is 13.0 Å². The molecular formula is C13H11N3O. The zero-order valence-corrected chi connectivity index (χ0v) is 9.37. The lowest BCUT2D eigenvalue weighted by molar-refractivity contribution is 0.215. The fourth-order valence-electron chi connectivity index (χ4n) is 1.45. The van der Waals surface area contributed by atoms with Gasteiger partial charge >= 0.3 is 0 Å². The predicted molar refractivity (Wildman–Crippen MR) is 62.2 cm³/mol. The summed E-state index contributed by atoms with van der Waals surface area (Å²) in [4.78, 5) is 7.90. The molecule has 0 aliphatic heterocycles. The van der Waals surface area contributed by atoms with Crippen LogP contribution in [0.2, 0.25) is 0 Å². The highest BCUT2D eigenvalue weighted by molar-refractivity contribution is 5.30. The molecule has 2 rings (SSSR count). The normalized spacial score (nSPS) is 11.5. The number of rotatable bonds is 3. The minimum absolute atomic E-state index is 0.167. The number of benzene rings is 1. The van der Waals surface area contributed by atoms with Crippen LogP contribution in [-0.2, 0) is 0 Å². The summed E-state index contributed by atoms with van der Waals surface area (Å²) in [6, 6.07) is 11.7. The maximum atomic E-state index is 8.87. The zero-order chi connectivity index (χ0) is 12.1. The molecule has 2 aromatic rings. The van der Waals surface area contributed by atoms with E-state index in [1.54, 1.807) is 0 Å². The lowest BCUT2D eigenvalue weighted by Gasteiger charge is -2.14. The highest BCUT2D eigenvalue weighted by Crippen LogP contribution is 2.20. The fourth-order valence-corrected chi connectivity index (χ4v) is 1.45. The van der Waals surface area contributed by atoms with Gasteiger partial charge in [0.15, 0.2) is 0 Å². The van der Waals surface area contributed by atoms with Crippen LogP contribution < -0.4 is 4.74 Å². The zero-order valence-electron chi connectivity index (χ0n) is 9.37. The molecule has 0 bridgehead atoms. The monoisotopic (exact) mass is 225 g/mol. The summed E-state index contributed by atoms with van der Waals surface area (Å²) in [5.41, 5.74) is 1.23. The first-order valence-electron chi connectivity index (χ1n) is 5.24. The molecule has 1 heterocycles. The Hall–Kier alpha value is -2.41. The minimum Gasteiger partial charge on any atom is -0.468 e. The van der Waals surface area contributed by atoms with Crippen LogP contribution in [0, 0.1) is 11.3 Å². The van der Waals surface area contributed by atoms with Crippen LogP contribution in [0.4, 0.5) is 0 Å². The van der Waals surface area contributed by atoms with Crippen molar-refractivity contribution in [1.29, 1.82) is 5.26 Å². The molecule has 4 heteroatoms. The van der Waals surface area contributed by atoms with Crippen LogP contribution in [0.25, 0.3) is 0 Å². The number of hydrogen-bond acceptors (Lipinski definition) is 4. The molecule has 0 saturated carbocycles. The maximum Gasteiger partial charge on any atom is 0.251 e. The number of nitrogens with zero attached hydrogens (tertiary/aromatic N) is 3. The Bertz CT molecular complexity index is 534. The third-order valence-electron chi connectivity index (χ3n) is 2.33. The summed E-state index contributed by atoms with van der Waals surface area (Å²) >= 11 is 0. The van der Waals surface area contributed by atoms with Gasteiger partial charge in [-0.3, -0.25) is 0 Å². The summed E-state index contributed by atoms with van der Waals surface area (Å²) in [6.45, 7) is 1.91. The Balaban J connectivity index is 2.19. The van der Waals surface area contributed by atoms with Crippen molar-refractivity contribution in [3.8, 4) is 11.9 Å². The molecule has 0 spiro atoms. The molecule has 0 aliphatic carbocycles. The third kappa shape index (κ3) is 2.58. The first kappa shape index (κ1) is 11.1. The molecule has 1 atom stereocenters. The summed E-state index contributed by atoms with van der Waals surface area (Å²) in [5, 5.41) is 8.87. The van der Waals surface area contributed by atoms with Crippen molar-refractivity contribution < 1.29 is 4.74 Å². The van der Waals surface area contributed by atoms with Gasteiger partial charge in [0.2, 0.25) is 5.69 Å². The van der Waals surface area contributed by atoms with E-state index >= 15 is 0 Å². The van der Waals surface area contributed by atoms with E-state index in [-0.39, 0.29) is 17.7 Å². The highest BCUT2D eigenvalue weighted by Gasteiger charge is 2.11. The Morgan fingerprint density at radius 2 is 1.88 bits per heavy atom. The largest absolute Gasteiger partial charge is 0.468 e. The van der Waals surface area contributed by atoms with Crippen molar-refractivity contribution in [3.63, 3.8) is 0 Å². The molecular weight excluding hydrogens is 214 g/mol. The molecule has 1 aromatic heterocycles. The molecule has 84 valence electrons. The molecule has 4 nitrogen and oxygen atoms in total. The van der Waals surface area contributed by atoms with Crippen molar-refractivity contribution in [1.82, 2.24) is 9.97 Å². The molecule has 0 N–H and O–H groups in total. The molecule has 0 aliphatic rings. The van der Waals surface area contributed by atoms with Crippen LogP contribution in [0.3, 0.4) is 0 Å². The van der Waals surface area contributed by atoms with Gasteiger partial charge in [0.05, 0.1) is 0 Å². The summed E-state index contributed by atoms with van der Waals surface area (Å²) < 4.78 is 5.63. The smallest absolute Gasteiger partial charge is 0.251 e. The summed E-state index contributed by atoms with van der Waals surface area (Å²) in [7, 11) is 0. The van der Waals surface area contributed by atoms with Crippen molar-refractivity contribution in [2.24, 2.45) is 0 Å². The van der Waals surface area contributed by atoms with Crippen molar-refractivity contribution in [3.05, 3.63) is 54.0 Å². The molecule has 0 fully saturated rings. The van der Waals surface area contributed by atoms with E-state index in [1.165, 1.54) is 12.4 Å². The topological polar surface area (TPSA) is 58.8 Å². The molecule has 1 aromatic carbocycles. The average molecular weight is 225 g/mol. The molecule has 0 amide bonds. The average Bonchev–Trinajstić information content (AvgIpc) is 2.40. The Morgan fingerprint density at radius 3 is 2.59 bits per heavy atom. The molecule has 1 unspecified atom stereocenters. The van der Waals surface area contributed by atoms with Gasteiger partial charge in [-0.05, 0) is 12.5 Å². The van der Waals surface area contributed by atoms with Gasteiger partial charge in [-0.2, -0.15) is 5.26 Å². The van der Waals surface area contributed by atoms with Gasteiger partial charge in [-0.25, -0.2) is 9.97 Å². The fraction of sp³-hybridized carbons (Fsp3) is 0.154. The quantitative estimate of drug-likeness (QED) is 0.805. The van der Waals surface area contributed by atoms with Gasteiger partial charge in [-0.15, -0.1) is 0 Å².